The van der Waals surface area contributed by atoms with Crippen molar-refractivity contribution < 1.29 is 0 Å². The summed E-state index contributed by atoms with van der Waals surface area (Å²) in [7, 11) is 2.19. The fourth-order valence-corrected chi connectivity index (χ4v) is 2.46. The topological polar surface area (TPSA) is 29.3 Å². The number of hydrogen-bond acceptors (Lipinski definition) is 2. The number of nitrogens with zero attached hydrogens (tertiary/aromatic N) is 1. The Morgan fingerprint density at radius 2 is 1.85 bits per heavy atom. The number of nitrogen functional groups attached to an aromatic ring is 1. The zero-order valence-electron chi connectivity index (χ0n) is 12.5. The van der Waals surface area contributed by atoms with Crippen molar-refractivity contribution in [3.63, 3.8) is 0 Å². The third-order valence-electron chi connectivity index (χ3n) is 3.66. The molecule has 0 amide bonds. The van der Waals surface area contributed by atoms with Crippen LogP contribution in [0.4, 0.5) is 5.69 Å². The molecule has 20 heavy (non-hydrogen) atoms. The summed E-state index contributed by atoms with van der Waals surface area (Å²) in [5.41, 5.74) is 10.8. The molecule has 0 heterocycles. The maximum atomic E-state index is 5.80. The van der Waals surface area contributed by atoms with Crippen molar-refractivity contribution >= 4 is 5.69 Å². The molecule has 0 saturated heterocycles. The molecule has 0 unspecified atom stereocenters. The van der Waals surface area contributed by atoms with Gasteiger partial charge in [0.25, 0.3) is 0 Å². The van der Waals surface area contributed by atoms with Gasteiger partial charge < -0.3 is 10.6 Å². The third kappa shape index (κ3) is 4.39. The maximum Gasteiger partial charge on any atom is 0.0316 e. The van der Waals surface area contributed by atoms with Crippen LogP contribution in [-0.2, 0) is 13.0 Å². The first-order chi connectivity index (χ1) is 9.65. The molecular formula is C18H24N2. The van der Waals surface area contributed by atoms with Crippen LogP contribution < -0.4 is 5.73 Å². The summed E-state index contributed by atoms with van der Waals surface area (Å²) in [6.07, 6.45) is 2.25. The molecule has 0 aliphatic carbocycles. The minimum absolute atomic E-state index is 0.857. The lowest BCUT2D eigenvalue weighted by molar-refractivity contribution is 0.321. The van der Waals surface area contributed by atoms with Crippen molar-refractivity contribution in [2.75, 3.05) is 19.3 Å². The Morgan fingerprint density at radius 1 is 1.05 bits per heavy atom. The van der Waals surface area contributed by atoms with E-state index in [0.717, 1.165) is 31.6 Å². The van der Waals surface area contributed by atoms with Crippen molar-refractivity contribution in [1.29, 1.82) is 0 Å². The molecule has 0 bridgehead atoms. The van der Waals surface area contributed by atoms with Gasteiger partial charge in [0.05, 0.1) is 0 Å². The molecule has 2 rings (SSSR count). The average molecular weight is 268 g/mol. The lowest BCUT2D eigenvalue weighted by atomic mass is 10.1. The van der Waals surface area contributed by atoms with E-state index in [0.29, 0.717) is 0 Å². The molecular weight excluding hydrogens is 244 g/mol. The van der Waals surface area contributed by atoms with Crippen LogP contribution in [0, 0.1) is 6.92 Å². The highest BCUT2D eigenvalue weighted by molar-refractivity contribution is 5.40. The summed E-state index contributed by atoms with van der Waals surface area (Å²) in [6.45, 7) is 4.29. The summed E-state index contributed by atoms with van der Waals surface area (Å²) in [6, 6.07) is 16.8. The molecule has 2 N–H and O–H groups in total. The van der Waals surface area contributed by atoms with Gasteiger partial charge in [-0.2, -0.15) is 0 Å². The Kier molecular flexibility index (Phi) is 5.19. The molecule has 2 aromatic rings. The standard InChI is InChI=1S/C18H24N2/c1-15-7-3-4-10-17(15)14-20(2)12-6-9-16-8-5-11-18(19)13-16/h3-5,7-8,10-11,13H,6,9,12,14,19H2,1-2H3. The van der Waals surface area contributed by atoms with E-state index >= 15 is 0 Å². The van der Waals surface area contributed by atoms with E-state index in [2.05, 4.69) is 55.3 Å². The Bertz CT molecular complexity index is 549. The smallest absolute Gasteiger partial charge is 0.0316 e. The van der Waals surface area contributed by atoms with Gasteiger partial charge in [-0.1, -0.05) is 36.4 Å². The summed E-state index contributed by atoms with van der Waals surface area (Å²) >= 11 is 0. The van der Waals surface area contributed by atoms with Crippen LogP contribution in [0.5, 0.6) is 0 Å². The highest BCUT2D eigenvalue weighted by Crippen LogP contribution is 2.11. The second kappa shape index (κ2) is 7.11. The van der Waals surface area contributed by atoms with Gasteiger partial charge >= 0.3 is 0 Å². The van der Waals surface area contributed by atoms with Gasteiger partial charge in [-0.25, -0.2) is 0 Å². The number of rotatable bonds is 6. The van der Waals surface area contributed by atoms with Crippen LogP contribution in [0.2, 0.25) is 0 Å². The molecule has 2 nitrogen and oxygen atoms in total. The molecule has 0 aliphatic heterocycles. The quantitative estimate of drug-likeness (QED) is 0.810. The lowest BCUT2D eigenvalue weighted by Gasteiger charge is -2.18. The average Bonchev–Trinajstić information content (AvgIpc) is 2.41. The van der Waals surface area contributed by atoms with Crippen LogP contribution in [-0.4, -0.2) is 18.5 Å². The minimum Gasteiger partial charge on any atom is -0.399 e. The van der Waals surface area contributed by atoms with Gasteiger partial charge in [-0.15, -0.1) is 0 Å². The zero-order valence-corrected chi connectivity index (χ0v) is 12.5. The van der Waals surface area contributed by atoms with Crippen molar-refractivity contribution in [1.82, 2.24) is 4.90 Å². The van der Waals surface area contributed by atoms with Crippen LogP contribution in [0.25, 0.3) is 0 Å². The van der Waals surface area contributed by atoms with Gasteiger partial charge in [0, 0.05) is 12.2 Å². The maximum absolute atomic E-state index is 5.80. The van der Waals surface area contributed by atoms with Crippen LogP contribution in [0.3, 0.4) is 0 Å². The molecule has 0 spiro atoms. The normalized spacial score (nSPS) is 10.9. The summed E-state index contributed by atoms with van der Waals surface area (Å²) in [5, 5.41) is 0. The Labute approximate surface area is 122 Å². The number of nitrogens with two attached hydrogens (primary N) is 1. The number of hydrogen-bond donors (Lipinski definition) is 1. The Balaban J connectivity index is 1.78. The van der Waals surface area contributed by atoms with E-state index in [4.69, 9.17) is 5.73 Å². The molecule has 0 radical (unpaired) electrons. The molecule has 0 aromatic heterocycles. The summed E-state index contributed by atoms with van der Waals surface area (Å²) in [5.74, 6) is 0. The molecule has 106 valence electrons. The molecule has 2 aromatic carbocycles. The number of aryl methyl sites for hydroxylation is 2. The number of anilines is 1. The minimum atomic E-state index is 0.857. The molecule has 2 heteroatoms. The summed E-state index contributed by atoms with van der Waals surface area (Å²) < 4.78 is 0. The van der Waals surface area contributed by atoms with Crippen LogP contribution >= 0.6 is 0 Å². The van der Waals surface area contributed by atoms with Crippen molar-refractivity contribution in [3.05, 3.63) is 65.2 Å². The lowest BCUT2D eigenvalue weighted by Crippen LogP contribution is -2.20. The second-order valence-electron chi connectivity index (χ2n) is 5.51. The fraction of sp³-hybridized carbons (Fsp3) is 0.333. The van der Waals surface area contributed by atoms with Gasteiger partial charge in [0.2, 0.25) is 0 Å². The fourth-order valence-electron chi connectivity index (χ4n) is 2.46. The second-order valence-corrected chi connectivity index (χ2v) is 5.51. The molecule has 0 fully saturated rings. The van der Waals surface area contributed by atoms with Gasteiger partial charge in [-0.05, 0) is 62.2 Å². The van der Waals surface area contributed by atoms with Crippen molar-refractivity contribution in [2.24, 2.45) is 0 Å². The third-order valence-corrected chi connectivity index (χ3v) is 3.66. The predicted molar refractivity (Wildman–Crippen MR) is 86.7 cm³/mol. The highest BCUT2D eigenvalue weighted by atomic mass is 15.1. The van der Waals surface area contributed by atoms with E-state index < -0.39 is 0 Å². The SMILES string of the molecule is Cc1ccccc1CN(C)CCCc1cccc(N)c1. The highest BCUT2D eigenvalue weighted by Gasteiger charge is 2.03. The Morgan fingerprint density at radius 3 is 2.60 bits per heavy atom. The first-order valence-corrected chi connectivity index (χ1v) is 7.22. The van der Waals surface area contributed by atoms with Crippen molar-refractivity contribution in [3.8, 4) is 0 Å². The molecule has 0 aliphatic rings. The van der Waals surface area contributed by atoms with E-state index in [-0.39, 0.29) is 0 Å². The van der Waals surface area contributed by atoms with Crippen LogP contribution in [0.1, 0.15) is 23.1 Å². The van der Waals surface area contributed by atoms with Gasteiger partial charge in [0.1, 0.15) is 0 Å². The van der Waals surface area contributed by atoms with E-state index in [1.807, 2.05) is 12.1 Å². The Hall–Kier alpha value is -1.80. The molecule has 0 saturated carbocycles. The molecule has 0 atom stereocenters. The van der Waals surface area contributed by atoms with Gasteiger partial charge in [-0.3, -0.25) is 0 Å². The summed E-state index contributed by atoms with van der Waals surface area (Å²) in [4.78, 5) is 2.38. The van der Waals surface area contributed by atoms with Crippen molar-refractivity contribution in [2.45, 2.75) is 26.3 Å². The van der Waals surface area contributed by atoms with Crippen LogP contribution in [0.15, 0.2) is 48.5 Å². The van der Waals surface area contributed by atoms with E-state index in [1.165, 1.54) is 16.7 Å². The first kappa shape index (κ1) is 14.6. The largest absolute Gasteiger partial charge is 0.399 e. The first-order valence-electron chi connectivity index (χ1n) is 7.22. The van der Waals surface area contributed by atoms with Gasteiger partial charge in [0.15, 0.2) is 0 Å². The monoisotopic (exact) mass is 268 g/mol. The predicted octanol–water partition coefficient (Wildman–Crippen LogP) is 3.64. The van der Waals surface area contributed by atoms with E-state index in [1.54, 1.807) is 0 Å². The number of benzene rings is 2. The zero-order chi connectivity index (χ0) is 14.4. The van der Waals surface area contributed by atoms with E-state index in [9.17, 15) is 0 Å².